The van der Waals surface area contributed by atoms with Gasteiger partial charge in [0.2, 0.25) is 5.91 Å². The lowest BCUT2D eigenvalue weighted by atomic mass is 10.2. The Hall–Kier alpha value is -2.55. The van der Waals surface area contributed by atoms with Crippen molar-refractivity contribution in [2.45, 2.75) is 30.9 Å². The van der Waals surface area contributed by atoms with Crippen molar-refractivity contribution in [1.29, 1.82) is 0 Å². The van der Waals surface area contributed by atoms with Crippen LogP contribution in [0.4, 0.5) is 10.5 Å². The van der Waals surface area contributed by atoms with E-state index in [-0.39, 0.29) is 22.6 Å². The first kappa shape index (κ1) is 19.8. The van der Waals surface area contributed by atoms with E-state index in [0.717, 1.165) is 4.90 Å². The molecule has 3 N–H and O–H groups in total. The first-order valence-corrected chi connectivity index (χ1v) is 9.00. The molecule has 1 aliphatic heterocycles. The summed E-state index contributed by atoms with van der Waals surface area (Å²) in [4.78, 5) is 47.7. The molecule has 140 valence electrons. The number of rotatable bonds is 5. The normalized spacial score (nSPS) is 15.7. The number of benzene rings is 1. The van der Waals surface area contributed by atoms with Gasteiger partial charge in [0.25, 0.3) is 5.91 Å². The third kappa shape index (κ3) is 5.48. The quantitative estimate of drug-likeness (QED) is 0.672. The van der Waals surface area contributed by atoms with Crippen LogP contribution in [0.25, 0.3) is 0 Å². The van der Waals surface area contributed by atoms with Gasteiger partial charge in [-0.05, 0) is 31.0 Å². The summed E-state index contributed by atoms with van der Waals surface area (Å²) in [6.07, 6.45) is 0. The third-order valence-corrected chi connectivity index (χ3v) is 4.58. The largest absolute Gasteiger partial charge is 0.452 e. The van der Waals surface area contributed by atoms with Crippen LogP contribution in [-0.2, 0) is 14.3 Å². The lowest BCUT2D eigenvalue weighted by Gasteiger charge is -2.21. The van der Waals surface area contributed by atoms with E-state index in [0.29, 0.717) is 12.2 Å². The molecule has 0 aromatic heterocycles. The van der Waals surface area contributed by atoms with Gasteiger partial charge < -0.3 is 15.4 Å². The number of nitrogens with one attached hydrogen (secondary N) is 3. The van der Waals surface area contributed by atoms with Crippen LogP contribution in [-0.4, -0.2) is 42.2 Å². The average Bonchev–Trinajstić information content (AvgIpc) is 2.58. The second kappa shape index (κ2) is 8.70. The fourth-order valence-corrected chi connectivity index (χ4v) is 2.98. The molecule has 0 bridgehead atoms. The molecule has 1 atom stereocenters. The molecule has 2 rings (SSSR count). The smallest absolute Gasteiger partial charge is 0.338 e. The van der Waals surface area contributed by atoms with Crippen LogP contribution in [0.15, 0.2) is 23.1 Å². The highest BCUT2D eigenvalue weighted by atomic mass is 32.2. The van der Waals surface area contributed by atoms with Gasteiger partial charge in [0, 0.05) is 11.4 Å². The van der Waals surface area contributed by atoms with Gasteiger partial charge in [0.1, 0.15) is 0 Å². The molecule has 9 heteroatoms. The van der Waals surface area contributed by atoms with Gasteiger partial charge in [0.15, 0.2) is 6.61 Å². The molecule has 0 saturated heterocycles. The highest BCUT2D eigenvalue weighted by Gasteiger charge is 2.24. The van der Waals surface area contributed by atoms with E-state index in [1.807, 2.05) is 13.8 Å². The predicted molar refractivity (Wildman–Crippen MR) is 97.1 cm³/mol. The number of carbonyl (C=O) groups excluding carboxylic acids is 4. The summed E-state index contributed by atoms with van der Waals surface area (Å²) in [6.45, 7) is 5.48. The Bertz CT molecular complexity index is 735. The topological polar surface area (TPSA) is 114 Å². The number of urea groups is 1. The number of amides is 4. The molecule has 26 heavy (non-hydrogen) atoms. The van der Waals surface area contributed by atoms with E-state index in [4.69, 9.17) is 4.74 Å². The Morgan fingerprint density at radius 2 is 2.04 bits per heavy atom. The predicted octanol–water partition coefficient (Wildman–Crippen LogP) is 1.76. The lowest BCUT2D eigenvalue weighted by molar-refractivity contribution is -0.123. The van der Waals surface area contributed by atoms with E-state index >= 15 is 0 Å². The van der Waals surface area contributed by atoms with Crippen molar-refractivity contribution in [2.75, 3.05) is 18.5 Å². The fourth-order valence-electron chi connectivity index (χ4n) is 2.05. The van der Waals surface area contributed by atoms with Crippen molar-refractivity contribution in [3.8, 4) is 0 Å². The summed E-state index contributed by atoms with van der Waals surface area (Å²) in [5, 5.41) is 7.11. The standard InChI is InChI=1S/C17H21N3O5S/c1-9(2)7-18-17(24)20-14(21)8-25-16(23)11-4-5-13-12(6-11)19-15(22)10(3)26-13/h4-6,9-10H,7-8H2,1-3H3,(H,19,22)(H2,18,20,21,24). The van der Waals surface area contributed by atoms with Crippen LogP contribution in [0, 0.1) is 5.92 Å². The number of thioether (sulfide) groups is 1. The fraction of sp³-hybridized carbons (Fsp3) is 0.412. The Morgan fingerprint density at radius 1 is 1.31 bits per heavy atom. The summed E-state index contributed by atoms with van der Waals surface area (Å²) in [6, 6.07) is 4.14. The van der Waals surface area contributed by atoms with Gasteiger partial charge in [-0.15, -0.1) is 11.8 Å². The molecule has 1 aromatic rings. The summed E-state index contributed by atoms with van der Waals surface area (Å²) in [5.74, 6) is -1.34. The molecule has 1 aliphatic rings. The minimum Gasteiger partial charge on any atom is -0.452 e. The summed E-state index contributed by atoms with van der Waals surface area (Å²) in [7, 11) is 0. The van der Waals surface area contributed by atoms with Crippen LogP contribution in [0.2, 0.25) is 0 Å². The van der Waals surface area contributed by atoms with Crippen molar-refractivity contribution in [3.05, 3.63) is 23.8 Å². The Labute approximate surface area is 155 Å². The number of hydrogen-bond acceptors (Lipinski definition) is 6. The molecule has 0 radical (unpaired) electrons. The maximum atomic E-state index is 12.1. The zero-order valence-corrected chi connectivity index (χ0v) is 15.6. The van der Waals surface area contributed by atoms with Crippen molar-refractivity contribution in [2.24, 2.45) is 5.92 Å². The van der Waals surface area contributed by atoms with Crippen LogP contribution in [0.3, 0.4) is 0 Å². The molecule has 1 unspecified atom stereocenters. The Morgan fingerprint density at radius 3 is 2.73 bits per heavy atom. The minimum atomic E-state index is -0.727. The Balaban J connectivity index is 1.86. The monoisotopic (exact) mass is 379 g/mol. The van der Waals surface area contributed by atoms with E-state index in [2.05, 4.69) is 16.0 Å². The average molecular weight is 379 g/mol. The van der Waals surface area contributed by atoms with Crippen molar-refractivity contribution in [1.82, 2.24) is 10.6 Å². The molecule has 0 saturated carbocycles. The highest BCUT2D eigenvalue weighted by Crippen LogP contribution is 2.35. The number of anilines is 1. The second-order valence-corrected chi connectivity index (χ2v) is 7.57. The van der Waals surface area contributed by atoms with E-state index < -0.39 is 24.5 Å². The van der Waals surface area contributed by atoms with E-state index in [1.165, 1.54) is 17.8 Å². The van der Waals surface area contributed by atoms with Crippen LogP contribution in [0.1, 0.15) is 31.1 Å². The van der Waals surface area contributed by atoms with Gasteiger partial charge in [0.05, 0.1) is 16.5 Å². The second-order valence-electron chi connectivity index (χ2n) is 6.19. The van der Waals surface area contributed by atoms with Crippen molar-refractivity contribution in [3.63, 3.8) is 0 Å². The number of fused-ring (bicyclic) bond motifs is 1. The summed E-state index contributed by atoms with van der Waals surface area (Å²) >= 11 is 1.40. The molecular weight excluding hydrogens is 358 g/mol. The number of ether oxygens (including phenoxy) is 1. The lowest BCUT2D eigenvalue weighted by Crippen LogP contribution is -2.42. The van der Waals surface area contributed by atoms with Gasteiger partial charge >= 0.3 is 12.0 Å². The Kier molecular flexibility index (Phi) is 6.62. The van der Waals surface area contributed by atoms with Gasteiger partial charge in [-0.3, -0.25) is 14.9 Å². The number of imide groups is 1. The van der Waals surface area contributed by atoms with Crippen LogP contribution < -0.4 is 16.0 Å². The zero-order chi connectivity index (χ0) is 19.3. The highest BCUT2D eigenvalue weighted by molar-refractivity contribution is 8.00. The van der Waals surface area contributed by atoms with Gasteiger partial charge in [-0.1, -0.05) is 13.8 Å². The molecule has 4 amide bonds. The number of hydrogen-bond donors (Lipinski definition) is 3. The third-order valence-electron chi connectivity index (χ3n) is 3.40. The van der Waals surface area contributed by atoms with Gasteiger partial charge in [-0.25, -0.2) is 9.59 Å². The molecule has 0 aliphatic carbocycles. The number of carbonyl (C=O) groups is 4. The van der Waals surface area contributed by atoms with Crippen molar-refractivity contribution >= 4 is 41.3 Å². The van der Waals surface area contributed by atoms with E-state index in [9.17, 15) is 19.2 Å². The maximum absolute atomic E-state index is 12.1. The first-order chi connectivity index (χ1) is 12.3. The van der Waals surface area contributed by atoms with Crippen LogP contribution in [0.5, 0.6) is 0 Å². The zero-order valence-electron chi connectivity index (χ0n) is 14.8. The van der Waals surface area contributed by atoms with Gasteiger partial charge in [-0.2, -0.15) is 0 Å². The molecule has 1 aromatic carbocycles. The molecule has 1 heterocycles. The number of esters is 1. The summed E-state index contributed by atoms with van der Waals surface area (Å²) in [5.41, 5.74) is 0.737. The molecular formula is C17H21N3O5S. The molecule has 0 fully saturated rings. The minimum absolute atomic E-state index is 0.139. The van der Waals surface area contributed by atoms with Crippen LogP contribution >= 0.6 is 11.8 Å². The summed E-state index contributed by atoms with van der Waals surface area (Å²) < 4.78 is 4.90. The SMILES string of the molecule is CC(C)CNC(=O)NC(=O)COC(=O)c1ccc2c(c1)NC(=O)C(C)S2. The maximum Gasteiger partial charge on any atom is 0.338 e. The molecule has 8 nitrogen and oxygen atoms in total. The molecule has 0 spiro atoms. The van der Waals surface area contributed by atoms with Crippen molar-refractivity contribution < 1.29 is 23.9 Å². The van der Waals surface area contributed by atoms with E-state index in [1.54, 1.807) is 19.1 Å². The first-order valence-electron chi connectivity index (χ1n) is 8.12.